The van der Waals surface area contributed by atoms with E-state index < -0.39 is 7.14 Å². The lowest BCUT2D eigenvalue weighted by molar-refractivity contribution is 0.588. The second-order valence-electron chi connectivity index (χ2n) is 12.8. The van der Waals surface area contributed by atoms with Gasteiger partial charge in [-0.1, -0.05) is 146 Å². The van der Waals surface area contributed by atoms with Crippen LogP contribution in [-0.4, -0.2) is 13.3 Å². The molecule has 2 heteroatoms. The van der Waals surface area contributed by atoms with Crippen LogP contribution in [-0.2, 0) is 9.98 Å². The maximum absolute atomic E-state index is 12.5. The van der Waals surface area contributed by atoms with Gasteiger partial charge in [0.05, 0.1) is 5.41 Å². The van der Waals surface area contributed by atoms with Crippen LogP contribution in [0.2, 0.25) is 0 Å². The molecule has 0 saturated heterocycles. The largest absolute Gasteiger partial charge is 0.319 e. The molecule has 0 fully saturated rings. The fourth-order valence-electron chi connectivity index (χ4n) is 7.96. The molecule has 0 radical (unpaired) electrons. The highest BCUT2D eigenvalue weighted by molar-refractivity contribution is 7.70. The summed E-state index contributed by atoms with van der Waals surface area (Å²) >= 11 is 0. The average molecular weight is 595 g/mol. The maximum Gasteiger partial charge on any atom is 0.109 e. The van der Waals surface area contributed by atoms with E-state index in [2.05, 4.69) is 140 Å². The summed E-state index contributed by atoms with van der Waals surface area (Å²) in [5, 5.41) is 3.48. The maximum atomic E-state index is 12.5. The SMILES string of the molecule is CP(C)(=O)c1ccc(-c2ccc(-c3ccc4c(c3)-c3c(ccc5ccccc35)C43c4ccccc4-c4ccccc43)cc2)cc1. The third-order valence-electron chi connectivity index (χ3n) is 10.0. The Bertz CT molecular complexity index is 2310. The van der Waals surface area contributed by atoms with E-state index in [9.17, 15) is 4.57 Å². The van der Waals surface area contributed by atoms with Crippen molar-refractivity contribution in [3.05, 3.63) is 174 Å². The summed E-state index contributed by atoms with van der Waals surface area (Å²) in [5.41, 5.74) is 15.1. The van der Waals surface area contributed by atoms with Crippen molar-refractivity contribution in [3.63, 3.8) is 0 Å². The first-order valence-electron chi connectivity index (χ1n) is 15.6. The van der Waals surface area contributed by atoms with Crippen LogP contribution in [0.1, 0.15) is 22.3 Å². The molecule has 2 aliphatic rings. The molecule has 0 atom stereocenters. The lowest BCUT2D eigenvalue weighted by Gasteiger charge is -2.30. The second-order valence-corrected chi connectivity index (χ2v) is 16.0. The highest BCUT2D eigenvalue weighted by Gasteiger charge is 2.51. The molecule has 1 nitrogen and oxygen atoms in total. The van der Waals surface area contributed by atoms with Gasteiger partial charge in [-0.2, -0.15) is 0 Å². The second kappa shape index (κ2) is 9.51. The van der Waals surface area contributed by atoms with E-state index in [0.29, 0.717) is 0 Å². The Balaban J connectivity index is 1.24. The highest BCUT2D eigenvalue weighted by atomic mass is 31.2. The molecule has 7 aromatic carbocycles. The summed E-state index contributed by atoms with van der Waals surface area (Å²) in [7, 11) is -2.27. The fraction of sp³-hybridized carbons (Fsp3) is 0.0698. The van der Waals surface area contributed by atoms with Crippen molar-refractivity contribution in [2.75, 3.05) is 13.3 Å². The topological polar surface area (TPSA) is 17.1 Å². The molecular formula is C43H31OP. The van der Waals surface area contributed by atoms with Gasteiger partial charge in [0.25, 0.3) is 0 Å². The van der Waals surface area contributed by atoms with E-state index in [1.807, 2.05) is 25.5 Å². The third kappa shape index (κ3) is 3.71. The van der Waals surface area contributed by atoms with E-state index in [1.165, 1.54) is 66.4 Å². The molecule has 9 rings (SSSR count). The van der Waals surface area contributed by atoms with Gasteiger partial charge in [0, 0.05) is 5.30 Å². The van der Waals surface area contributed by atoms with Crippen molar-refractivity contribution in [3.8, 4) is 44.5 Å². The van der Waals surface area contributed by atoms with Gasteiger partial charge in [0.15, 0.2) is 0 Å². The summed E-state index contributed by atoms with van der Waals surface area (Å²) < 4.78 is 12.5. The Morgan fingerprint density at radius 2 is 0.933 bits per heavy atom. The Hall–Kier alpha value is -4.97. The van der Waals surface area contributed by atoms with Gasteiger partial charge >= 0.3 is 0 Å². The van der Waals surface area contributed by atoms with Crippen LogP contribution < -0.4 is 5.30 Å². The van der Waals surface area contributed by atoms with Gasteiger partial charge in [0.1, 0.15) is 7.14 Å². The van der Waals surface area contributed by atoms with Gasteiger partial charge < -0.3 is 4.57 Å². The number of hydrogen-bond acceptors (Lipinski definition) is 1. The number of rotatable bonds is 3. The molecule has 214 valence electrons. The van der Waals surface area contributed by atoms with Crippen LogP contribution in [0, 0.1) is 0 Å². The third-order valence-corrected chi connectivity index (χ3v) is 11.6. The zero-order valence-electron chi connectivity index (χ0n) is 25.3. The zero-order valence-corrected chi connectivity index (χ0v) is 26.2. The summed E-state index contributed by atoms with van der Waals surface area (Å²) in [6.45, 7) is 3.64. The number of benzene rings is 7. The van der Waals surface area contributed by atoms with Crippen molar-refractivity contribution in [2.24, 2.45) is 0 Å². The summed E-state index contributed by atoms with van der Waals surface area (Å²) in [5.74, 6) is 0. The molecule has 0 aliphatic heterocycles. The lowest BCUT2D eigenvalue weighted by Crippen LogP contribution is -2.25. The quantitative estimate of drug-likeness (QED) is 0.186. The average Bonchev–Trinajstić information content (AvgIpc) is 3.55. The molecule has 0 unspecified atom stereocenters. The van der Waals surface area contributed by atoms with Crippen molar-refractivity contribution >= 4 is 23.2 Å². The Kier molecular flexibility index (Phi) is 5.59. The molecule has 7 aromatic rings. The van der Waals surface area contributed by atoms with Crippen molar-refractivity contribution < 1.29 is 4.57 Å². The van der Waals surface area contributed by atoms with Crippen LogP contribution in [0.25, 0.3) is 55.3 Å². The standard InChI is InChI=1S/C43H31OP/c1-45(2,44)33-23-19-29(20-24-33)28-15-17-30(18-16-28)32-22-25-40-37(27-32)42-34-10-4-3-9-31(34)21-26-41(42)43(40)38-13-7-5-11-35(38)36-12-6-8-14-39(36)43/h3-27H,1-2H3. The van der Waals surface area contributed by atoms with E-state index in [1.54, 1.807) is 0 Å². The van der Waals surface area contributed by atoms with E-state index in [0.717, 1.165) is 16.4 Å². The van der Waals surface area contributed by atoms with Crippen molar-refractivity contribution in [1.82, 2.24) is 0 Å². The number of hydrogen-bond donors (Lipinski definition) is 0. The smallest absolute Gasteiger partial charge is 0.109 e. The van der Waals surface area contributed by atoms with Crippen LogP contribution in [0.3, 0.4) is 0 Å². The minimum atomic E-state index is -2.27. The van der Waals surface area contributed by atoms with Gasteiger partial charge in [-0.25, -0.2) is 0 Å². The van der Waals surface area contributed by atoms with Gasteiger partial charge in [0.2, 0.25) is 0 Å². The predicted molar refractivity (Wildman–Crippen MR) is 190 cm³/mol. The lowest BCUT2D eigenvalue weighted by atomic mass is 9.70. The molecule has 0 aromatic heterocycles. The van der Waals surface area contributed by atoms with Gasteiger partial charge in [-0.3, -0.25) is 0 Å². The molecule has 0 amide bonds. The van der Waals surface area contributed by atoms with E-state index >= 15 is 0 Å². The number of fused-ring (bicyclic) bond motifs is 12. The van der Waals surface area contributed by atoms with Crippen LogP contribution >= 0.6 is 7.14 Å². The summed E-state index contributed by atoms with van der Waals surface area (Å²) in [4.78, 5) is 0. The molecule has 0 heterocycles. The zero-order chi connectivity index (χ0) is 30.3. The van der Waals surface area contributed by atoms with Crippen molar-refractivity contribution in [2.45, 2.75) is 5.41 Å². The molecule has 0 N–H and O–H groups in total. The van der Waals surface area contributed by atoms with Gasteiger partial charge in [-0.05, 0) is 96.9 Å². The summed E-state index contributed by atoms with van der Waals surface area (Å²) in [6, 6.07) is 55.6. The Morgan fingerprint density at radius 1 is 0.444 bits per heavy atom. The van der Waals surface area contributed by atoms with Crippen LogP contribution in [0.4, 0.5) is 0 Å². The Morgan fingerprint density at radius 3 is 1.58 bits per heavy atom. The molecule has 2 aliphatic carbocycles. The molecule has 1 spiro atoms. The Labute approximate surface area is 264 Å². The first-order chi connectivity index (χ1) is 21.9. The highest BCUT2D eigenvalue weighted by Crippen LogP contribution is 2.64. The fourth-order valence-corrected chi connectivity index (χ4v) is 8.83. The molecule has 0 bridgehead atoms. The normalized spacial score (nSPS) is 13.8. The minimum Gasteiger partial charge on any atom is -0.319 e. The molecule has 45 heavy (non-hydrogen) atoms. The van der Waals surface area contributed by atoms with E-state index in [4.69, 9.17) is 0 Å². The predicted octanol–water partition coefficient (Wildman–Crippen LogP) is 10.8. The van der Waals surface area contributed by atoms with Crippen LogP contribution in [0.5, 0.6) is 0 Å². The molecule has 0 saturated carbocycles. The van der Waals surface area contributed by atoms with E-state index in [-0.39, 0.29) is 5.41 Å². The first kappa shape index (κ1) is 26.4. The molecular weight excluding hydrogens is 563 g/mol. The first-order valence-corrected chi connectivity index (χ1v) is 18.2. The van der Waals surface area contributed by atoms with Crippen LogP contribution in [0.15, 0.2) is 152 Å². The van der Waals surface area contributed by atoms with Crippen molar-refractivity contribution in [1.29, 1.82) is 0 Å². The van der Waals surface area contributed by atoms with Gasteiger partial charge in [-0.15, -0.1) is 0 Å². The monoisotopic (exact) mass is 594 g/mol. The summed E-state index contributed by atoms with van der Waals surface area (Å²) in [6.07, 6.45) is 0. The minimum absolute atomic E-state index is 0.350.